The van der Waals surface area contributed by atoms with E-state index in [1.54, 1.807) is 12.1 Å². The van der Waals surface area contributed by atoms with Crippen LogP contribution in [0.4, 0.5) is 11.4 Å². The van der Waals surface area contributed by atoms with E-state index in [-0.39, 0.29) is 6.61 Å². The highest BCUT2D eigenvalue weighted by molar-refractivity contribution is 5.94. The summed E-state index contributed by atoms with van der Waals surface area (Å²) in [7, 11) is 0. The Morgan fingerprint density at radius 1 is 1.03 bits per heavy atom. The predicted molar refractivity (Wildman–Crippen MR) is 131 cm³/mol. The summed E-state index contributed by atoms with van der Waals surface area (Å²) in [4.78, 5) is 26.4. The highest BCUT2D eigenvalue weighted by Gasteiger charge is 2.12. The van der Waals surface area contributed by atoms with E-state index < -0.39 is 11.9 Å². The van der Waals surface area contributed by atoms with Crippen molar-refractivity contribution in [3.05, 3.63) is 54.1 Å². The second-order valence-electron chi connectivity index (χ2n) is 7.62. The van der Waals surface area contributed by atoms with E-state index >= 15 is 0 Å². The molecule has 1 heterocycles. The number of ether oxygens (including phenoxy) is 4. The van der Waals surface area contributed by atoms with Gasteiger partial charge in [0.05, 0.1) is 26.4 Å². The summed E-state index contributed by atoms with van der Waals surface area (Å²) in [5.74, 6) is 0.266. The molecule has 2 aromatic rings. The molecule has 3 rings (SSSR count). The van der Waals surface area contributed by atoms with E-state index in [4.69, 9.17) is 18.9 Å². The molecule has 2 aromatic carbocycles. The van der Waals surface area contributed by atoms with Crippen molar-refractivity contribution in [1.82, 2.24) is 0 Å². The normalized spacial score (nSPS) is 13.5. The van der Waals surface area contributed by atoms with Gasteiger partial charge in [0.25, 0.3) is 5.91 Å². The third-order valence-electron chi connectivity index (χ3n) is 5.01. The molecular formula is C26H32N2O6. The molecule has 1 aliphatic rings. The lowest BCUT2D eigenvalue weighted by Crippen LogP contribution is -2.36. The van der Waals surface area contributed by atoms with Crippen LogP contribution in [0.15, 0.2) is 48.5 Å². The van der Waals surface area contributed by atoms with Crippen LogP contribution < -0.4 is 19.7 Å². The van der Waals surface area contributed by atoms with Crippen LogP contribution >= 0.6 is 0 Å². The lowest BCUT2D eigenvalue weighted by molar-refractivity contribution is -0.142. The quantitative estimate of drug-likeness (QED) is 0.395. The molecule has 0 bridgehead atoms. The van der Waals surface area contributed by atoms with Crippen molar-refractivity contribution in [1.29, 1.82) is 0 Å². The Labute approximate surface area is 200 Å². The second kappa shape index (κ2) is 13.3. The molecule has 0 aliphatic carbocycles. The number of esters is 1. The lowest BCUT2D eigenvalue weighted by atomic mass is 10.2. The van der Waals surface area contributed by atoms with Crippen LogP contribution in [0.3, 0.4) is 0 Å². The highest BCUT2D eigenvalue weighted by Crippen LogP contribution is 2.29. The largest absolute Gasteiger partial charge is 0.490 e. The first-order chi connectivity index (χ1) is 16.6. The fraction of sp³-hybridized carbons (Fsp3) is 0.385. The first-order valence-corrected chi connectivity index (χ1v) is 11.6. The minimum Gasteiger partial charge on any atom is -0.490 e. The van der Waals surface area contributed by atoms with E-state index in [9.17, 15) is 9.59 Å². The molecule has 1 N–H and O–H groups in total. The molecule has 0 aromatic heterocycles. The summed E-state index contributed by atoms with van der Waals surface area (Å²) in [5.41, 5.74) is 2.48. The number of nitrogens with one attached hydrogen (secondary N) is 1. The fourth-order valence-corrected chi connectivity index (χ4v) is 3.35. The molecule has 1 aliphatic heterocycles. The second-order valence-corrected chi connectivity index (χ2v) is 7.62. The van der Waals surface area contributed by atoms with Gasteiger partial charge >= 0.3 is 5.97 Å². The molecule has 1 saturated heterocycles. The molecule has 34 heavy (non-hydrogen) atoms. The van der Waals surface area contributed by atoms with Crippen molar-refractivity contribution in [2.24, 2.45) is 0 Å². The van der Waals surface area contributed by atoms with Gasteiger partial charge in [-0.15, -0.1) is 0 Å². The number of nitrogens with zero attached hydrogens (tertiary/aromatic N) is 1. The molecule has 8 heteroatoms. The van der Waals surface area contributed by atoms with E-state index in [1.807, 2.05) is 50.2 Å². The molecule has 0 unspecified atom stereocenters. The summed E-state index contributed by atoms with van der Waals surface area (Å²) < 4.78 is 21.7. The lowest BCUT2D eigenvalue weighted by Gasteiger charge is -2.28. The average molecular weight is 469 g/mol. The summed E-state index contributed by atoms with van der Waals surface area (Å²) in [6.07, 6.45) is 3.78. The van der Waals surface area contributed by atoms with Gasteiger partial charge in [-0.25, -0.2) is 4.79 Å². The molecule has 0 atom stereocenters. The molecule has 0 radical (unpaired) electrons. The Hall–Kier alpha value is -3.52. The highest BCUT2D eigenvalue weighted by atomic mass is 16.5. The van der Waals surface area contributed by atoms with E-state index in [0.717, 1.165) is 30.8 Å². The number of hydrogen-bond acceptors (Lipinski definition) is 7. The summed E-state index contributed by atoms with van der Waals surface area (Å²) in [5, 5.41) is 2.73. The molecule has 1 fully saturated rings. The van der Waals surface area contributed by atoms with Gasteiger partial charge in [-0.05, 0) is 61.4 Å². The number of benzene rings is 2. The molecule has 182 valence electrons. The summed E-state index contributed by atoms with van der Waals surface area (Å²) >= 11 is 0. The van der Waals surface area contributed by atoms with Gasteiger partial charge in [0.1, 0.15) is 0 Å². The van der Waals surface area contributed by atoms with Gasteiger partial charge < -0.3 is 29.2 Å². The number of anilines is 2. The van der Waals surface area contributed by atoms with Crippen molar-refractivity contribution < 1.29 is 28.5 Å². The monoisotopic (exact) mass is 468 g/mol. The van der Waals surface area contributed by atoms with Crippen LogP contribution in [-0.2, 0) is 19.1 Å². The Kier molecular flexibility index (Phi) is 9.79. The van der Waals surface area contributed by atoms with Gasteiger partial charge in [0, 0.05) is 30.5 Å². The van der Waals surface area contributed by atoms with Crippen LogP contribution in [0, 0.1) is 0 Å². The maximum absolute atomic E-state index is 12.1. The molecule has 0 spiro atoms. The zero-order chi connectivity index (χ0) is 24.2. The van der Waals surface area contributed by atoms with E-state index in [0.29, 0.717) is 43.6 Å². The van der Waals surface area contributed by atoms with Crippen LogP contribution in [0.2, 0.25) is 0 Å². The van der Waals surface area contributed by atoms with Crippen LogP contribution in [0.5, 0.6) is 11.5 Å². The minimum atomic E-state index is -0.609. The Bertz CT molecular complexity index is 968. The van der Waals surface area contributed by atoms with Crippen molar-refractivity contribution in [3.63, 3.8) is 0 Å². The minimum absolute atomic E-state index is 0.373. The van der Waals surface area contributed by atoms with Crippen molar-refractivity contribution >= 4 is 29.3 Å². The fourth-order valence-electron chi connectivity index (χ4n) is 3.35. The number of rotatable bonds is 11. The van der Waals surface area contributed by atoms with Gasteiger partial charge in [-0.3, -0.25) is 4.79 Å². The number of carbonyl (C=O) groups excluding carboxylic acids is 2. The number of hydrogen-bond donors (Lipinski definition) is 1. The summed E-state index contributed by atoms with van der Waals surface area (Å²) in [6.45, 7) is 7.78. The Balaban J connectivity index is 1.46. The van der Waals surface area contributed by atoms with Gasteiger partial charge in [-0.2, -0.15) is 0 Å². The smallest absolute Gasteiger partial charge is 0.331 e. The first-order valence-electron chi connectivity index (χ1n) is 11.6. The topological polar surface area (TPSA) is 86.3 Å². The van der Waals surface area contributed by atoms with Crippen molar-refractivity contribution in [3.8, 4) is 11.5 Å². The number of amides is 1. The SMILES string of the molecule is CCCOc1ccc(C=CC(=O)OCC(=O)Nc2ccc(N3CCOCC3)cc2)cc1OCC. The van der Waals surface area contributed by atoms with Gasteiger partial charge in [0.2, 0.25) is 0 Å². The molecular weight excluding hydrogens is 436 g/mol. The van der Waals surface area contributed by atoms with Crippen LogP contribution in [0.1, 0.15) is 25.8 Å². The van der Waals surface area contributed by atoms with E-state index in [1.165, 1.54) is 6.08 Å². The Morgan fingerprint density at radius 3 is 2.50 bits per heavy atom. The van der Waals surface area contributed by atoms with Crippen molar-refractivity contribution in [2.45, 2.75) is 20.3 Å². The number of carbonyl (C=O) groups is 2. The third kappa shape index (κ3) is 7.81. The first kappa shape index (κ1) is 25.1. The zero-order valence-electron chi connectivity index (χ0n) is 19.7. The molecule has 1 amide bonds. The average Bonchev–Trinajstić information content (AvgIpc) is 2.87. The Morgan fingerprint density at radius 2 is 1.79 bits per heavy atom. The van der Waals surface area contributed by atoms with Crippen molar-refractivity contribution in [2.75, 3.05) is 56.3 Å². The standard InChI is InChI=1S/C26H32N2O6/c1-3-15-33-23-11-5-20(18-24(23)32-4-2)6-12-26(30)34-19-25(29)27-21-7-9-22(10-8-21)28-13-16-31-17-14-28/h5-12,18H,3-4,13-17,19H2,1-2H3,(H,27,29). The zero-order valence-corrected chi connectivity index (χ0v) is 19.7. The van der Waals surface area contributed by atoms with E-state index in [2.05, 4.69) is 10.2 Å². The number of morpholine rings is 1. The van der Waals surface area contributed by atoms with Gasteiger partial charge in [0.15, 0.2) is 18.1 Å². The van der Waals surface area contributed by atoms with Gasteiger partial charge in [-0.1, -0.05) is 13.0 Å². The predicted octanol–water partition coefficient (Wildman–Crippen LogP) is 3.91. The molecule has 8 nitrogen and oxygen atoms in total. The third-order valence-corrected chi connectivity index (χ3v) is 5.01. The molecule has 0 saturated carbocycles. The van der Waals surface area contributed by atoms with Crippen LogP contribution in [-0.4, -0.2) is 58.0 Å². The summed E-state index contributed by atoms with van der Waals surface area (Å²) in [6, 6.07) is 13.0. The maximum Gasteiger partial charge on any atom is 0.331 e. The van der Waals surface area contributed by atoms with Crippen LogP contribution in [0.25, 0.3) is 6.08 Å². The maximum atomic E-state index is 12.1.